The van der Waals surface area contributed by atoms with Gasteiger partial charge in [0.15, 0.2) is 5.01 Å². The highest BCUT2D eigenvalue weighted by atomic mass is 32.1. The number of rotatable bonds is 2. The van der Waals surface area contributed by atoms with Crippen molar-refractivity contribution in [3.63, 3.8) is 0 Å². The summed E-state index contributed by atoms with van der Waals surface area (Å²) in [7, 11) is 0. The summed E-state index contributed by atoms with van der Waals surface area (Å²) in [4.78, 5) is 11.5. The maximum Gasteiger partial charge on any atom is 0.205 e. The van der Waals surface area contributed by atoms with Gasteiger partial charge < -0.3 is 10.3 Å². The predicted molar refractivity (Wildman–Crippen MR) is 56.0 cm³/mol. The van der Waals surface area contributed by atoms with Crippen molar-refractivity contribution in [3.05, 3.63) is 29.0 Å². The average Bonchev–Trinajstić information content (AvgIpc) is 2.74. The quantitative estimate of drug-likeness (QED) is 0.740. The number of anilines is 1. The highest BCUT2D eigenvalue weighted by Gasteiger charge is 2.04. The lowest BCUT2D eigenvalue weighted by molar-refractivity contribution is 1.30. The van der Waals surface area contributed by atoms with E-state index in [0.717, 1.165) is 5.01 Å². The monoisotopic (exact) mass is 210 g/mol. The summed E-state index contributed by atoms with van der Waals surface area (Å²) in [5, 5.41) is 5.61. The smallest absolute Gasteiger partial charge is 0.205 e. The standard InChI is InChI=1S/C7H6N4S2/c12-5(6-8-3-4-13-6)11-7-9-1-2-10-7/h1-4H,(H2,9,10,11,12). The minimum absolute atomic E-state index is 0.588. The predicted octanol–water partition coefficient (Wildman–Crippen LogP) is 1.65. The first-order chi connectivity index (χ1) is 6.36. The Bertz CT molecular complexity index is 379. The normalized spacial score (nSPS) is 9.85. The van der Waals surface area contributed by atoms with Gasteiger partial charge in [0.25, 0.3) is 0 Å². The van der Waals surface area contributed by atoms with Crippen LogP contribution in [0, 0.1) is 0 Å². The Morgan fingerprint density at radius 2 is 2.38 bits per heavy atom. The zero-order valence-electron chi connectivity index (χ0n) is 6.52. The third-order valence-corrected chi connectivity index (χ3v) is 2.57. The van der Waals surface area contributed by atoms with E-state index in [2.05, 4.69) is 20.3 Å². The summed E-state index contributed by atoms with van der Waals surface area (Å²) in [6.45, 7) is 0. The summed E-state index contributed by atoms with van der Waals surface area (Å²) in [6.07, 6.45) is 5.11. The lowest BCUT2D eigenvalue weighted by Crippen LogP contribution is -2.10. The molecule has 0 aliphatic carbocycles. The molecule has 2 aromatic heterocycles. The second kappa shape index (κ2) is 3.63. The molecule has 4 nitrogen and oxygen atoms in total. The van der Waals surface area contributed by atoms with Gasteiger partial charge in [0.1, 0.15) is 4.99 Å². The van der Waals surface area contributed by atoms with Crippen LogP contribution in [0.25, 0.3) is 0 Å². The molecule has 0 aromatic carbocycles. The molecule has 0 radical (unpaired) electrons. The first kappa shape index (κ1) is 8.33. The van der Waals surface area contributed by atoms with Crippen LogP contribution in [0.1, 0.15) is 5.01 Å². The van der Waals surface area contributed by atoms with Gasteiger partial charge in [0.05, 0.1) is 0 Å². The van der Waals surface area contributed by atoms with Gasteiger partial charge in [-0.2, -0.15) is 0 Å². The van der Waals surface area contributed by atoms with Crippen molar-refractivity contribution in [1.29, 1.82) is 0 Å². The van der Waals surface area contributed by atoms with Crippen molar-refractivity contribution >= 4 is 34.5 Å². The number of H-pyrrole nitrogens is 1. The van der Waals surface area contributed by atoms with Crippen LogP contribution in [-0.4, -0.2) is 19.9 Å². The molecular weight excluding hydrogens is 204 g/mol. The SMILES string of the molecule is S=C(Nc1ncc[nH]1)c1nccs1. The Morgan fingerprint density at radius 3 is 3.00 bits per heavy atom. The number of imidazole rings is 1. The molecule has 0 bridgehead atoms. The summed E-state index contributed by atoms with van der Waals surface area (Å²) < 4.78 is 0. The fraction of sp³-hybridized carbons (Fsp3) is 0. The van der Waals surface area contributed by atoms with Crippen LogP contribution in [-0.2, 0) is 0 Å². The van der Waals surface area contributed by atoms with Gasteiger partial charge in [-0.15, -0.1) is 11.3 Å². The molecule has 2 N–H and O–H groups in total. The molecule has 0 aliphatic rings. The second-order valence-electron chi connectivity index (χ2n) is 2.23. The third kappa shape index (κ3) is 1.90. The zero-order chi connectivity index (χ0) is 9.10. The van der Waals surface area contributed by atoms with E-state index in [9.17, 15) is 0 Å². The van der Waals surface area contributed by atoms with E-state index >= 15 is 0 Å². The van der Waals surface area contributed by atoms with Crippen LogP contribution in [0.4, 0.5) is 5.95 Å². The first-order valence-corrected chi connectivity index (χ1v) is 4.85. The molecule has 2 heterocycles. The molecule has 13 heavy (non-hydrogen) atoms. The number of thiocarbonyl (C=S) groups is 1. The molecule has 0 saturated carbocycles. The van der Waals surface area contributed by atoms with Gasteiger partial charge in [0, 0.05) is 24.0 Å². The van der Waals surface area contributed by atoms with Crippen LogP contribution < -0.4 is 5.32 Å². The van der Waals surface area contributed by atoms with E-state index in [-0.39, 0.29) is 0 Å². The molecule has 0 aliphatic heterocycles. The molecule has 6 heteroatoms. The number of nitrogens with zero attached hydrogens (tertiary/aromatic N) is 2. The molecule has 2 rings (SSSR count). The molecule has 0 fully saturated rings. The van der Waals surface area contributed by atoms with Gasteiger partial charge in [-0.25, -0.2) is 9.97 Å². The van der Waals surface area contributed by atoms with E-state index in [0.29, 0.717) is 10.9 Å². The van der Waals surface area contributed by atoms with Gasteiger partial charge in [-0.1, -0.05) is 12.2 Å². The number of hydrogen-bond donors (Lipinski definition) is 2. The van der Waals surface area contributed by atoms with Crippen molar-refractivity contribution in [3.8, 4) is 0 Å². The topological polar surface area (TPSA) is 53.6 Å². The lowest BCUT2D eigenvalue weighted by atomic mass is 10.6. The Morgan fingerprint density at radius 1 is 1.46 bits per heavy atom. The van der Waals surface area contributed by atoms with Crippen LogP contribution in [0.2, 0.25) is 0 Å². The Balaban J connectivity index is 2.08. The number of aromatic nitrogens is 3. The van der Waals surface area contributed by atoms with E-state index < -0.39 is 0 Å². The van der Waals surface area contributed by atoms with Crippen LogP contribution in [0.15, 0.2) is 24.0 Å². The minimum Gasteiger partial charge on any atom is -0.331 e. The number of thiazole rings is 1. The molecule has 0 saturated heterocycles. The number of hydrogen-bond acceptors (Lipinski definition) is 4. The van der Waals surface area contributed by atoms with Crippen molar-refractivity contribution < 1.29 is 0 Å². The Kier molecular flexibility index (Phi) is 2.33. The number of nitrogens with one attached hydrogen (secondary N) is 2. The van der Waals surface area contributed by atoms with E-state index in [1.165, 1.54) is 11.3 Å². The van der Waals surface area contributed by atoms with E-state index in [1.807, 2.05) is 5.38 Å². The summed E-state index contributed by atoms with van der Waals surface area (Å²) in [5.41, 5.74) is 0. The zero-order valence-corrected chi connectivity index (χ0v) is 8.15. The highest BCUT2D eigenvalue weighted by molar-refractivity contribution is 7.81. The van der Waals surface area contributed by atoms with Gasteiger partial charge in [-0.3, -0.25) is 0 Å². The average molecular weight is 210 g/mol. The molecule has 0 atom stereocenters. The van der Waals surface area contributed by atoms with Crippen molar-refractivity contribution in [2.75, 3.05) is 5.32 Å². The number of aromatic amines is 1. The molecule has 66 valence electrons. The van der Waals surface area contributed by atoms with Crippen LogP contribution in [0.3, 0.4) is 0 Å². The molecule has 0 unspecified atom stereocenters. The maximum absolute atomic E-state index is 5.10. The van der Waals surface area contributed by atoms with Gasteiger partial charge in [0.2, 0.25) is 5.95 Å². The molecular formula is C7H6N4S2. The summed E-state index contributed by atoms with van der Waals surface area (Å²) >= 11 is 6.60. The summed E-state index contributed by atoms with van der Waals surface area (Å²) in [6, 6.07) is 0. The largest absolute Gasteiger partial charge is 0.331 e. The minimum atomic E-state index is 0.588. The lowest BCUT2D eigenvalue weighted by Gasteiger charge is -1.99. The van der Waals surface area contributed by atoms with Gasteiger partial charge in [-0.05, 0) is 0 Å². The van der Waals surface area contributed by atoms with Crippen molar-refractivity contribution in [2.24, 2.45) is 0 Å². The fourth-order valence-corrected chi connectivity index (χ4v) is 1.65. The summed E-state index contributed by atoms with van der Waals surface area (Å²) in [5.74, 6) is 0.639. The molecule has 0 spiro atoms. The van der Waals surface area contributed by atoms with Crippen molar-refractivity contribution in [1.82, 2.24) is 15.0 Å². The van der Waals surface area contributed by atoms with Crippen molar-refractivity contribution in [2.45, 2.75) is 0 Å². The Labute approximate surface area is 84.1 Å². The highest BCUT2D eigenvalue weighted by Crippen LogP contribution is 2.07. The first-order valence-electron chi connectivity index (χ1n) is 3.56. The van der Waals surface area contributed by atoms with E-state index in [4.69, 9.17) is 12.2 Å². The fourth-order valence-electron chi connectivity index (χ4n) is 0.830. The maximum atomic E-state index is 5.10. The van der Waals surface area contributed by atoms with Crippen LogP contribution in [0.5, 0.6) is 0 Å². The van der Waals surface area contributed by atoms with Gasteiger partial charge >= 0.3 is 0 Å². The third-order valence-electron chi connectivity index (χ3n) is 1.36. The molecule has 0 amide bonds. The van der Waals surface area contributed by atoms with Crippen LogP contribution >= 0.6 is 23.6 Å². The second-order valence-corrected chi connectivity index (χ2v) is 3.53. The molecule has 2 aromatic rings. The van der Waals surface area contributed by atoms with E-state index in [1.54, 1.807) is 18.6 Å². The Hall–Kier alpha value is -1.27.